The van der Waals surface area contributed by atoms with Gasteiger partial charge in [0.05, 0.1) is 0 Å². The Hall–Kier alpha value is 0.270. The van der Waals surface area contributed by atoms with Crippen LogP contribution in [-0.4, -0.2) is 48.1 Å². The van der Waals surface area contributed by atoms with Gasteiger partial charge in [-0.15, -0.1) is 0 Å². The Bertz CT molecular complexity index is 192. The lowest BCUT2D eigenvalue weighted by atomic mass is 9.93. The van der Waals surface area contributed by atoms with Crippen molar-refractivity contribution in [2.45, 2.75) is 39.3 Å². The molecule has 1 rings (SSSR count). The molecule has 0 aliphatic carbocycles. The van der Waals surface area contributed by atoms with Crippen molar-refractivity contribution in [3.63, 3.8) is 0 Å². The van der Waals surface area contributed by atoms with Crippen LogP contribution in [0.1, 0.15) is 27.7 Å². The van der Waals surface area contributed by atoms with E-state index in [1.165, 1.54) is 18.8 Å². The maximum Gasteiger partial charge on any atom is 0.0252 e. The fourth-order valence-corrected chi connectivity index (χ4v) is 2.72. The van der Waals surface area contributed by atoms with Crippen molar-refractivity contribution in [3.8, 4) is 0 Å². The number of piperazine rings is 1. The van der Waals surface area contributed by atoms with E-state index in [-0.39, 0.29) is 5.54 Å². The first-order valence-corrected chi connectivity index (χ1v) is 7.33. The van der Waals surface area contributed by atoms with E-state index >= 15 is 0 Å². The van der Waals surface area contributed by atoms with Crippen LogP contribution in [0.5, 0.6) is 0 Å². The van der Waals surface area contributed by atoms with Crippen LogP contribution in [0.3, 0.4) is 0 Å². The zero-order valence-electron chi connectivity index (χ0n) is 10.8. The Morgan fingerprint density at radius 3 is 2.67 bits per heavy atom. The highest BCUT2D eigenvalue weighted by Crippen LogP contribution is 2.20. The second kappa shape index (κ2) is 5.55. The molecule has 1 aliphatic rings. The zero-order chi connectivity index (χ0) is 11.5. The van der Waals surface area contributed by atoms with Gasteiger partial charge >= 0.3 is 0 Å². The van der Waals surface area contributed by atoms with Gasteiger partial charge in [-0.3, -0.25) is 4.90 Å². The molecule has 1 heterocycles. The van der Waals surface area contributed by atoms with Crippen LogP contribution < -0.4 is 5.32 Å². The molecule has 15 heavy (non-hydrogen) atoms. The minimum Gasteiger partial charge on any atom is -0.309 e. The normalized spacial score (nSPS) is 27.2. The molecule has 0 aromatic carbocycles. The van der Waals surface area contributed by atoms with Crippen LogP contribution in [0.15, 0.2) is 0 Å². The maximum absolute atomic E-state index is 3.65. The SMILES string of the molecule is CSCCN1CC(C)(C)NCC1C(C)C. The summed E-state index contributed by atoms with van der Waals surface area (Å²) in [6.45, 7) is 12.8. The second-order valence-electron chi connectivity index (χ2n) is 5.54. The smallest absolute Gasteiger partial charge is 0.0252 e. The molecule has 2 nitrogen and oxygen atoms in total. The maximum atomic E-state index is 3.65. The van der Waals surface area contributed by atoms with Gasteiger partial charge in [-0.2, -0.15) is 11.8 Å². The fourth-order valence-electron chi connectivity index (χ4n) is 2.30. The Kier molecular flexibility index (Phi) is 4.94. The van der Waals surface area contributed by atoms with Gasteiger partial charge in [-0.05, 0) is 26.0 Å². The Morgan fingerprint density at radius 2 is 2.13 bits per heavy atom. The summed E-state index contributed by atoms with van der Waals surface area (Å²) in [6.07, 6.45) is 2.19. The number of thioether (sulfide) groups is 1. The predicted molar refractivity (Wildman–Crippen MR) is 70.7 cm³/mol. The van der Waals surface area contributed by atoms with Crippen LogP contribution in [0.25, 0.3) is 0 Å². The highest BCUT2D eigenvalue weighted by Gasteiger charge is 2.33. The Labute approximate surface area is 99.2 Å². The van der Waals surface area contributed by atoms with E-state index in [2.05, 4.69) is 44.2 Å². The first kappa shape index (κ1) is 13.3. The molecule has 0 bridgehead atoms. The number of hydrogen-bond donors (Lipinski definition) is 1. The standard InChI is InChI=1S/C12H26N2S/c1-10(2)11-8-13-12(3,4)9-14(11)6-7-15-5/h10-11,13H,6-9H2,1-5H3. The second-order valence-corrected chi connectivity index (χ2v) is 6.53. The number of rotatable bonds is 4. The quantitative estimate of drug-likeness (QED) is 0.796. The summed E-state index contributed by atoms with van der Waals surface area (Å²) in [4.78, 5) is 2.66. The van der Waals surface area contributed by atoms with E-state index in [0.717, 1.165) is 12.5 Å². The number of nitrogens with one attached hydrogen (secondary N) is 1. The highest BCUT2D eigenvalue weighted by molar-refractivity contribution is 7.98. The molecule has 1 fully saturated rings. The predicted octanol–water partition coefficient (Wildman–Crippen LogP) is 2.06. The van der Waals surface area contributed by atoms with Gasteiger partial charge in [0.15, 0.2) is 0 Å². The molecule has 1 unspecified atom stereocenters. The monoisotopic (exact) mass is 230 g/mol. The molecule has 1 N–H and O–H groups in total. The van der Waals surface area contributed by atoms with E-state index in [4.69, 9.17) is 0 Å². The van der Waals surface area contributed by atoms with Gasteiger partial charge in [0.2, 0.25) is 0 Å². The molecule has 3 heteroatoms. The van der Waals surface area contributed by atoms with Crippen LogP contribution in [0, 0.1) is 5.92 Å². The van der Waals surface area contributed by atoms with Gasteiger partial charge in [-0.1, -0.05) is 13.8 Å². The van der Waals surface area contributed by atoms with Crippen molar-refractivity contribution in [1.29, 1.82) is 0 Å². The van der Waals surface area contributed by atoms with Gasteiger partial charge in [0.25, 0.3) is 0 Å². The molecule has 1 aliphatic heterocycles. The zero-order valence-corrected chi connectivity index (χ0v) is 11.7. The third-order valence-corrected chi connectivity index (χ3v) is 3.80. The largest absolute Gasteiger partial charge is 0.309 e. The summed E-state index contributed by atoms with van der Waals surface area (Å²) in [7, 11) is 0. The average molecular weight is 230 g/mol. The highest BCUT2D eigenvalue weighted by atomic mass is 32.2. The van der Waals surface area contributed by atoms with Gasteiger partial charge in [0, 0.05) is 37.0 Å². The average Bonchev–Trinajstić information content (AvgIpc) is 2.12. The first-order valence-electron chi connectivity index (χ1n) is 5.94. The van der Waals surface area contributed by atoms with E-state index in [9.17, 15) is 0 Å². The van der Waals surface area contributed by atoms with Crippen LogP contribution in [-0.2, 0) is 0 Å². The van der Waals surface area contributed by atoms with Gasteiger partial charge < -0.3 is 5.32 Å². The lowest BCUT2D eigenvalue weighted by Crippen LogP contribution is -2.63. The fraction of sp³-hybridized carbons (Fsp3) is 1.00. The van der Waals surface area contributed by atoms with Crippen molar-refractivity contribution in [1.82, 2.24) is 10.2 Å². The molecule has 1 saturated heterocycles. The van der Waals surface area contributed by atoms with Gasteiger partial charge in [-0.25, -0.2) is 0 Å². The Morgan fingerprint density at radius 1 is 1.47 bits per heavy atom. The minimum atomic E-state index is 0.282. The van der Waals surface area contributed by atoms with Crippen molar-refractivity contribution < 1.29 is 0 Å². The van der Waals surface area contributed by atoms with Crippen molar-refractivity contribution in [2.24, 2.45) is 5.92 Å². The first-order chi connectivity index (χ1) is 6.96. The third-order valence-electron chi connectivity index (χ3n) is 3.21. The van der Waals surface area contributed by atoms with Crippen molar-refractivity contribution in [3.05, 3.63) is 0 Å². The van der Waals surface area contributed by atoms with E-state index in [1.807, 2.05) is 11.8 Å². The summed E-state index contributed by atoms with van der Waals surface area (Å²) < 4.78 is 0. The van der Waals surface area contributed by atoms with E-state index in [0.29, 0.717) is 6.04 Å². The molecule has 90 valence electrons. The lowest BCUT2D eigenvalue weighted by molar-refractivity contribution is 0.0756. The summed E-state index contributed by atoms with van der Waals surface area (Å²) in [5.41, 5.74) is 0.282. The van der Waals surface area contributed by atoms with Crippen molar-refractivity contribution in [2.75, 3.05) is 31.6 Å². The molecule has 0 radical (unpaired) electrons. The molecule has 0 amide bonds. The molecule has 0 saturated carbocycles. The molecule has 1 atom stereocenters. The number of hydrogen-bond acceptors (Lipinski definition) is 3. The van der Waals surface area contributed by atoms with Crippen LogP contribution in [0.2, 0.25) is 0 Å². The van der Waals surface area contributed by atoms with Crippen LogP contribution in [0.4, 0.5) is 0 Å². The topological polar surface area (TPSA) is 15.3 Å². The summed E-state index contributed by atoms with van der Waals surface area (Å²) in [5, 5.41) is 3.65. The molecule has 0 aromatic rings. The lowest BCUT2D eigenvalue weighted by Gasteiger charge is -2.46. The van der Waals surface area contributed by atoms with E-state index < -0.39 is 0 Å². The van der Waals surface area contributed by atoms with E-state index in [1.54, 1.807) is 0 Å². The molecule has 0 aromatic heterocycles. The molecular weight excluding hydrogens is 204 g/mol. The summed E-state index contributed by atoms with van der Waals surface area (Å²) >= 11 is 1.95. The minimum absolute atomic E-state index is 0.282. The Balaban J connectivity index is 2.56. The number of nitrogens with zero attached hydrogens (tertiary/aromatic N) is 1. The third kappa shape index (κ3) is 3.97. The molecular formula is C12H26N2S. The van der Waals surface area contributed by atoms with Crippen LogP contribution >= 0.6 is 11.8 Å². The molecule has 0 spiro atoms. The summed E-state index contributed by atoms with van der Waals surface area (Å²) in [6, 6.07) is 0.713. The van der Waals surface area contributed by atoms with Gasteiger partial charge in [0.1, 0.15) is 0 Å². The summed E-state index contributed by atoms with van der Waals surface area (Å²) in [5.74, 6) is 2.00. The van der Waals surface area contributed by atoms with Crippen molar-refractivity contribution >= 4 is 11.8 Å².